The van der Waals surface area contributed by atoms with Crippen molar-refractivity contribution in [3.8, 4) is 0 Å². The summed E-state index contributed by atoms with van der Waals surface area (Å²) in [6.07, 6.45) is 9.10. The van der Waals surface area contributed by atoms with Crippen molar-refractivity contribution >= 4 is 5.96 Å². The molecule has 4 N–H and O–H groups in total. The standard InChI is InChI=1S/C14H30N4/c1-3-5-10-16-14(18-15)17-11-13-8-6-12(4-2)7-9-13/h12-13H,3-11,15H2,1-2H3,(H2,16,17,18). The fraction of sp³-hybridized carbons (Fsp3) is 0.929. The highest BCUT2D eigenvalue weighted by Gasteiger charge is 2.19. The first-order valence-electron chi connectivity index (χ1n) is 7.55. The Kier molecular flexibility index (Phi) is 7.81. The number of aliphatic imine (C=N–C) groups is 1. The van der Waals surface area contributed by atoms with Crippen LogP contribution in [0.15, 0.2) is 4.99 Å². The molecule has 0 radical (unpaired) electrons. The lowest BCUT2D eigenvalue weighted by Gasteiger charge is -2.26. The van der Waals surface area contributed by atoms with Gasteiger partial charge < -0.3 is 5.32 Å². The second kappa shape index (κ2) is 9.20. The summed E-state index contributed by atoms with van der Waals surface area (Å²) in [5.74, 6) is 7.93. The smallest absolute Gasteiger partial charge is 0.205 e. The molecular weight excluding hydrogens is 224 g/mol. The third-order valence-electron chi connectivity index (χ3n) is 4.01. The summed E-state index contributed by atoms with van der Waals surface area (Å²) in [4.78, 5) is 4.56. The second-order valence-corrected chi connectivity index (χ2v) is 5.41. The maximum absolute atomic E-state index is 5.47. The normalized spacial score (nSPS) is 24.9. The molecule has 0 unspecified atom stereocenters. The Labute approximate surface area is 112 Å². The van der Waals surface area contributed by atoms with Gasteiger partial charge in [0.1, 0.15) is 0 Å². The number of hydrogen-bond donors (Lipinski definition) is 3. The number of guanidine groups is 1. The average molecular weight is 254 g/mol. The Hall–Kier alpha value is -0.770. The van der Waals surface area contributed by atoms with Crippen LogP contribution in [0.5, 0.6) is 0 Å². The summed E-state index contributed by atoms with van der Waals surface area (Å²) in [5.41, 5.74) is 2.66. The first-order valence-corrected chi connectivity index (χ1v) is 7.55. The highest BCUT2D eigenvalue weighted by molar-refractivity contribution is 5.79. The largest absolute Gasteiger partial charge is 0.355 e. The Morgan fingerprint density at radius 2 is 1.83 bits per heavy atom. The topological polar surface area (TPSA) is 62.4 Å². The van der Waals surface area contributed by atoms with Crippen LogP contribution in [-0.4, -0.2) is 19.0 Å². The SMILES string of the molecule is CCCCNC(=NCC1CCC(CC)CC1)NN. The first-order chi connectivity index (χ1) is 8.80. The molecule has 106 valence electrons. The number of nitrogens with two attached hydrogens (primary N) is 1. The quantitative estimate of drug-likeness (QED) is 0.224. The first kappa shape index (κ1) is 15.3. The molecule has 0 aromatic heterocycles. The Bertz CT molecular complexity index is 232. The molecule has 4 nitrogen and oxygen atoms in total. The second-order valence-electron chi connectivity index (χ2n) is 5.41. The molecule has 1 saturated carbocycles. The lowest BCUT2D eigenvalue weighted by Crippen LogP contribution is -2.42. The van der Waals surface area contributed by atoms with E-state index in [9.17, 15) is 0 Å². The predicted molar refractivity (Wildman–Crippen MR) is 78.3 cm³/mol. The van der Waals surface area contributed by atoms with Gasteiger partial charge in [0, 0.05) is 13.1 Å². The number of unbranched alkanes of at least 4 members (excludes halogenated alkanes) is 1. The summed E-state index contributed by atoms with van der Waals surface area (Å²) >= 11 is 0. The van der Waals surface area contributed by atoms with E-state index in [1.165, 1.54) is 38.5 Å². The van der Waals surface area contributed by atoms with Crippen LogP contribution in [0.1, 0.15) is 58.8 Å². The van der Waals surface area contributed by atoms with Crippen molar-refractivity contribution in [2.24, 2.45) is 22.7 Å². The molecule has 1 rings (SSSR count). The third-order valence-corrected chi connectivity index (χ3v) is 4.01. The lowest BCUT2D eigenvalue weighted by atomic mass is 9.81. The molecule has 1 fully saturated rings. The molecule has 0 bridgehead atoms. The van der Waals surface area contributed by atoms with E-state index in [1.807, 2.05) is 0 Å². The fourth-order valence-corrected chi connectivity index (χ4v) is 2.58. The van der Waals surface area contributed by atoms with Gasteiger partial charge in [-0.15, -0.1) is 0 Å². The minimum absolute atomic E-state index is 0.751. The predicted octanol–water partition coefficient (Wildman–Crippen LogP) is 2.41. The minimum atomic E-state index is 0.751. The van der Waals surface area contributed by atoms with Gasteiger partial charge in [-0.3, -0.25) is 10.4 Å². The zero-order valence-electron chi connectivity index (χ0n) is 12.0. The van der Waals surface area contributed by atoms with Crippen molar-refractivity contribution in [2.75, 3.05) is 13.1 Å². The van der Waals surface area contributed by atoms with Crippen LogP contribution in [0.25, 0.3) is 0 Å². The number of hydrazine groups is 1. The molecule has 0 saturated heterocycles. The average Bonchev–Trinajstić information content (AvgIpc) is 2.43. The highest BCUT2D eigenvalue weighted by Crippen LogP contribution is 2.30. The molecule has 1 aliphatic rings. The van der Waals surface area contributed by atoms with Crippen LogP contribution < -0.4 is 16.6 Å². The molecule has 0 aromatic carbocycles. The van der Waals surface area contributed by atoms with Gasteiger partial charge in [0.25, 0.3) is 0 Å². The van der Waals surface area contributed by atoms with Crippen molar-refractivity contribution < 1.29 is 0 Å². The van der Waals surface area contributed by atoms with E-state index in [2.05, 4.69) is 29.6 Å². The van der Waals surface area contributed by atoms with E-state index in [0.29, 0.717) is 0 Å². The van der Waals surface area contributed by atoms with Gasteiger partial charge in [-0.25, -0.2) is 5.84 Å². The lowest BCUT2D eigenvalue weighted by molar-refractivity contribution is 0.274. The minimum Gasteiger partial charge on any atom is -0.355 e. The van der Waals surface area contributed by atoms with E-state index >= 15 is 0 Å². The molecule has 0 heterocycles. The molecule has 1 aliphatic carbocycles. The molecule has 0 aromatic rings. The number of nitrogens with one attached hydrogen (secondary N) is 2. The third kappa shape index (κ3) is 5.71. The maximum Gasteiger partial charge on any atom is 0.205 e. The summed E-state index contributed by atoms with van der Waals surface area (Å²) in [6.45, 7) is 6.34. The zero-order chi connectivity index (χ0) is 13.2. The highest BCUT2D eigenvalue weighted by atomic mass is 15.3. The number of rotatable bonds is 6. The monoisotopic (exact) mass is 254 g/mol. The summed E-state index contributed by atoms with van der Waals surface area (Å²) in [7, 11) is 0. The molecule has 0 amide bonds. The Morgan fingerprint density at radius 3 is 2.39 bits per heavy atom. The summed E-state index contributed by atoms with van der Waals surface area (Å²) in [5, 5.41) is 3.24. The van der Waals surface area contributed by atoms with Gasteiger partial charge in [-0.1, -0.05) is 39.5 Å². The van der Waals surface area contributed by atoms with Crippen molar-refractivity contribution in [1.29, 1.82) is 0 Å². The maximum atomic E-state index is 5.47. The van der Waals surface area contributed by atoms with E-state index in [-0.39, 0.29) is 0 Å². The van der Waals surface area contributed by atoms with Crippen LogP contribution in [0, 0.1) is 11.8 Å². The molecule has 0 atom stereocenters. The van der Waals surface area contributed by atoms with Crippen LogP contribution in [0.4, 0.5) is 0 Å². The fourth-order valence-electron chi connectivity index (χ4n) is 2.58. The van der Waals surface area contributed by atoms with Crippen LogP contribution in [0.2, 0.25) is 0 Å². The molecule has 18 heavy (non-hydrogen) atoms. The van der Waals surface area contributed by atoms with Crippen molar-refractivity contribution in [1.82, 2.24) is 10.7 Å². The van der Waals surface area contributed by atoms with E-state index < -0.39 is 0 Å². The van der Waals surface area contributed by atoms with E-state index in [0.717, 1.165) is 37.3 Å². The van der Waals surface area contributed by atoms with Crippen molar-refractivity contribution in [3.63, 3.8) is 0 Å². The number of nitrogens with zero attached hydrogens (tertiary/aromatic N) is 1. The van der Waals surface area contributed by atoms with Gasteiger partial charge in [0.05, 0.1) is 0 Å². The Balaban J connectivity index is 2.24. The van der Waals surface area contributed by atoms with Crippen LogP contribution >= 0.6 is 0 Å². The molecule has 0 spiro atoms. The van der Waals surface area contributed by atoms with Gasteiger partial charge in [0.15, 0.2) is 0 Å². The van der Waals surface area contributed by atoms with Crippen LogP contribution in [0.3, 0.4) is 0 Å². The van der Waals surface area contributed by atoms with Gasteiger partial charge in [-0.2, -0.15) is 0 Å². The van der Waals surface area contributed by atoms with Gasteiger partial charge in [-0.05, 0) is 31.1 Å². The zero-order valence-corrected chi connectivity index (χ0v) is 12.0. The van der Waals surface area contributed by atoms with E-state index in [1.54, 1.807) is 0 Å². The van der Waals surface area contributed by atoms with Gasteiger partial charge in [0.2, 0.25) is 5.96 Å². The Morgan fingerprint density at radius 1 is 1.17 bits per heavy atom. The number of hydrogen-bond acceptors (Lipinski definition) is 2. The van der Waals surface area contributed by atoms with Crippen molar-refractivity contribution in [3.05, 3.63) is 0 Å². The molecule has 4 heteroatoms. The van der Waals surface area contributed by atoms with Crippen molar-refractivity contribution in [2.45, 2.75) is 58.8 Å². The van der Waals surface area contributed by atoms with Gasteiger partial charge >= 0.3 is 0 Å². The molecule has 0 aliphatic heterocycles. The van der Waals surface area contributed by atoms with E-state index in [4.69, 9.17) is 5.84 Å². The summed E-state index contributed by atoms with van der Waals surface area (Å²) in [6, 6.07) is 0. The van der Waals surface area contributed by atoms with Crippen LogP contribution in [-0.2, 0) is 0 Å². The molecular formula is C14H30N4. The summed E-state index contributed by atoms with van der Waals surface area (Å²) < 4.78 is 0.